The third kappa shape index (κ3) is 2.31. The Labute approximate surface area is 94.1 Å². The molecule has 0 saturated heterocycles. The number of allylic oxidation sites excluding steroid dienone is 5. The lowest BCUT2D eigenvalue weighted by atomic mass is 9.86. The summed E-state index contributed by atoms with van der Waals surface area (Å²) in [4.78, 5) is 0. The Bertz CT molecular complexity index is 259. The van der Waals surface area contributed by atoms with E-state index in [4.69, 9.17) is 0 Å². The minimum atomic E-state index is 0.925. The summed E-state index contributed by atoms with van der Waals surface area (Å²) in [6, 6.07) is 0. The largest absolute Gasteiger partial charge is 0.106 e. The molecule has 3 rings (SSSR count). The molecule has 0 nitrogen and oxygen atoms in total. The van der Waals surface area contributed by atoms with Crippen LogP contribution in [0.5, 0.6) is 0 Å². The van der Waals surface area contributed by atoms with Gasteiger partial charge in [0.25, 0.3) is 0 Å². The van der Waals surface area contributed by atoms with E-state index in [1.807, 2.05) is 6.92 Å². The van der Waals surface area contributed by atoms with Gasteiger partial charge >= 0.3 is 0 Å². The number of rotatable bonds is 0. The molecule has 3 aliphatic rings. The van der Waals surface area contributed by atoms with Gasteiger partial charge in [-0.25, -0.2) is 0 Å². The fourth-order valence-electron chi connectivity index (χ4n) is 2.97. The van der Waals surface area contributed by atoms with Gasteiger partial charge in [0.15, 0.2) is 0 Å². The van der Waals surface area contributed by atoms with Gasteiger partial charge in [0, 0.05) is 0 Å². The number of hydrogen-bond donors (Lipinski definition) is 0. The third-order valence-electron chi connectivity index (χ3n) is 3.46. The lowest BCUT2D eigenvalue weighted by molar-refractivity contribution is 0.398. The molecule has 0 N–H and O–H groups in total. The standard InChI is InChI=1S/C10H12.C3H6.C2H4/c1-2-9-7-4-5-8(6-7)10(9)3-1;1-3-2;1-2/h1-2,4-5,7-10H,3,6H2;3H,1H2,2H3;1-2H2. The third-order valence-corrected chi connectivity index (χ3v) is 3.46. The van der Waals surface area contributed by atoms with Crippen molar-refractivity contribution in [1.29, 1.82) is 0 Å². The average molecular weight is 202 g/mol. The molecule has 2 bridgehead atoms. The molecular weight excluding hydrogens is 180 g/mol. The first-order valence-corrected chi connectivity index (χ1v) is 5.79. The van der Waals surface area contributed by atoms with E-state index in [-0.39, 0.29) is 0 Å². The van der Waals surface area contributed by atoms with Crippen molar-refractivity contribution in [3.63, 3.8) is 0 Å². The Kier molecular flexibility index (Phi) is 4.61. The highest BCUT2D eigenvalue weighted by molar-refractivity contribution is 5.21. The second-order valence-electron chi connectivity index (χ2n) is 4.26. The lowest BCUT2D eigenvalue weighted by Crippen LogP contribution is -2.12. The molecule has 0 aliphatic heterocycles. The summed E-state index contributed by atoms with van der Waals surface area (Å²) in [6.45, 7) is 11.2. The summed E-state index contributed by atoms with van der Waals surface area (Å²) >= 11 is 0. The van der Waals surface area contributed by atoms with E-state index in [0.29, 0.717) is 0 Å². The van der Waals surface area contributed by atoms with Crippen LogP contribution in [0, 0.1) is 23.7 Å². The summed E-state index contributed by atoms with van der Waals surface area (Å²) in [7, 11) is 0. The van der Waals surface area contributed by atoms with Crippen LogP contribution >= 0.6 is 0 Å². The van der Waals surface area contributed by atoms with Crippen LogP contribution in [-0.2, 0) is 0 Å². The molecule has 15 heavy (non-hydrogen) atoms. The smallest absolute Gasteiger partial charge is 0.0133 e. The Morgan fingerprint density at radius 2 is 1.73 bits per heavy atom. The molecule has 1 saturated carbocycles. The van der Waals surface area contributed by atoms with Crippen LogP contribution in [0.2, 0.25) is 0 Å². The maximum Gasteiger partial charge on any atom is -0.0133 e. The molecular formula is C15H22. The van der Waals surface area contributed by atoms with E-state index in [1.165, 1.54) is 12.8 Å². The first-order chi connectivity index (χ1) is 7.36. The topological polar surface area (TPSA) is 0 Å². The fourth-order valence-corrected chi connectivity index (χ4v) is 2.97. The predicted octanol–water partition coefficient (Wildman–Crippen LogP) is 4.38. The molecule has 0 heterocycles. The van der Waals surface area contributed by atoms with Gasteiger partial charge in [-0.1, -0.05) is 30.4 Å². The second-order valence-corrected chi connectivity index (χ2v) is 4.26. The van der Waals surface area contributed by atoms with Crippen LogP contribution < -0.4 is 0 Å². The SMILES string of the molecule is C1=CC2C3C=CC(C3)C2C1.C=C.C=CC. The normalized spacial score (nSPS) is 37.4. The number of fused-ring (bicyclic) bond motifs is 5. The summed E-state index contributed by atoms with van der Waals surface area (Å²) in [6.07, 6.45) is 14.3. The quantitative estimate of drug-likeness (QED) is 0.511. The zero-order valence-electron chi connectivity index (χ0n) is 9.73. The van der Waals surface area contributed by atoms with E-state index >= 15 is 0 Å². The molecule has 0 aromatic heterocycles. The summed E-state index contributed by atoms with van der Waals surface area (Å²) < 4.78 is 0. The monoisotopic (exact) mass is 202 g/mol. The predicted molar refractivity (Wildman–Crippen MR) is 68.6 cm³/mol. The molecule has 3 aliphatic carbocycles. The maximum absolute atomic E-state index is 3.36. The van der Waals surface area contributed by atoms with Crippen molar-refractivity contribution in [2.45, 2.75) is 19.8 Å². The molecule has 0 aromatic rings. The Balaban J connectivity index is 0.000000198. The van der Waals surface area contributed by atoms with Crippen LogP contribution in [0.25, 0.3) is 0 Å². The van der Waals surface area contributed by atoms with Crippen molar-refractivity contribution in [3.05, 3.63) is 50.1 Å². The van der Waals surface area contributed by atoms with Gasteiger partial charge in [-0.15, -0.1) is 19.7 Å². The molecule has 1 fully saturated rings. The van der Waals surface area contributed by atoms with Gasteiger partial charge in [0.1, 0.15) is 0 Å². The van der Waals surface area contributed by atoms with Gasteiger partial charge in [-0.05, 0) is 43.4 Å². The van der Waals surface area contributed by atoms with Crippen LogP contribution in [0.3, 0.4) is 0 Å². The molecule has 0 aromatic carbocycles. The van der Waals surface area contributed by atoms with Crippen LogP contribution in [0.1, 0.15) is 19.8 Å². The first-order valence-electron chi connectivity index (χ1n) is 5.79. The molecule has 0 radical (unpaired) electrons. The maximum atomic E-state index is 3.36. The fraction of sp³-hybridized carbons (Fsp3) is 0.467. The Morgan fingerprint density at radius 3 is 2.33 bits per heavy atom. The zero-order chi connectivity index (χ0) is 11.3. The number of hydrogen-bond acceptors (Lipinski definition) is 0. The first kappa shape index (κ1) is 12.0. The molecule has 4 atom stereocenters. The van der Waals surface area contributed by atoms with E-state index in [0.717, 1.165) is 23.7 Å². The summed E-state index contributed by atoms with van der Waals surface area (Å²) in [5.74, 6) is 3.82. The van der Waals surface area contributed by atoms with Crippen molar-refractivity contribution in [2.24, 2.45) is 23.7 Å². The zero-order valence-corrected chi connectivity index (χ0v) is 9.73. The minimum absolute atomic E-state index is 0.925. The molecule has 0 spiro atoms. The Hall–Kier alpha value is -1.04. The van der Waals surface area contributed by atoms with E-state index in [9.17, 15) is 0 Å². The van der Waals surface area contributed by atoms with Crippen LogP contribution in [-0.4, -0.2) is 0 Å². The van der Waals surface area contributed by atoms with E-state index in [2.05, 4.69) is 44.0 Å². The highest BCUT2D eigenvalue weighted by Crippen LogP contribution is 2.52. The van der Waals surface area contributed by atoms with Gasteiger partial charge < -0.3 is 0 Å². The van der Waals surface area contributed by atoms with Crippen molar-refractivity contribution in [2.75, 3.05) is 0 Å². The van der Waals surface area contributed by atoms with Gasteiger partial charge in [0.2, 0.25) is 0 Å². The average Bonchev–Trinajstić information content (AvgIpc) is 2.96. The molecule has 4 unspecified atom stereocenters. The van der Waals surface area contributed by atoms with Gasteiger partial charge in [-0.2, -0.15) is 0 Å². The van der Waals surface area contributed by atoms with Crippen molar-refractivity contribution < 1.29 is 0 Å². The Morgan fingerprint density at radius 1 is 1.13 bits per heavy atom. The molecule has 82 valence electrons. The van der Waals surface area contributed by atoms with Crippen molar-refractivity contribution in [3.8, 4) is 0 Å². The van der Waals surface area contributed by atoms with E-state index < -0.39 is 0 Å². The van der Waals surface area contributed by atoms with Crippen molar-refractivity contribution >= 4 is 0 Å². The van der Waals surface area contributed by atoms with Gasteiger partial charge in [-0.3, -0.25) is 0 Å². The minimum Gasteiger partial charge on any atom is -0.106 e. The van der Waals surface area contributed by atoms with Gasteiger partial charge in [0.05, 0.1) is 0 Å². The molecule has 0 amide bonds. The van der Waals surface area contributed by atoms with E-state index in [1.54, 1.807) is 6.08 Å². The highest BCUT2D eigenvalue weighted by Gasteiger charge is 2.44. The lowest BCUT2D eigenvalue weighted by Gasteiger charge is -2.18. The highest BCUT2D eigenvalue weighted by atomic mass is 14.5. The summed E-state index contributed by atoms with van der Waals surface area (Å²) in [5.41, 5.74) is 0. The summed E-state index contributed by atoms with van der Waals surface area (Å²) in [5, 5.41) is 0. The van der Waals surface area contributed by atoms with Crippen LogP contribution in [0.15, 0.2) is 50.1 Å². The second kappa shape index (κ2) is 5.75. The van der Waals surface area contributed by atoms with Crippen LogP contribution in [0.4, 0.5) is 0 Å². The van der Waals surface area contributed by atoms with Crippen molar-refractivity contribution in [1.82, 2.24) is 0 Å². The molecule has 0 heteroatoms.